The lowest BCUT2D eigenvalue weighted by molar-refractivity contribution is -0.122. The second-order valence-electron chi connectivity index (χ2n) is 2.43. The van der Waals surface area contributed by atoms with Gasteiger partial charge in [0.1, 0.15) is 0 Å². The summed E-state index contributed by atoms with van der Waals surface area (Å²) in [5.41, 5.74) is -0.667. The van der Waals surface area contributed by atoms with Crippen molar-refractivity contribution in [2.45, 2.75) is 13.3 Å². The molecule has 5 heteroatoms. The van der Waals surface area contributed by atoms with Crippen LogP contribution in [0.25, 0.3) is 0 Å². The monoisotopic (exact) mass is 180 g/mol. The Morgan fingerprint density at radius 1 is 1.17 bits per heavy atom. The number of carboxylic acid groups (broad SMARTS) is 1. The standard InChI is InChI=1S/C6H14O3.CH2O2/c1-2-6(3-7,4-8)5-9;2-1-3/h7-9H,2-5H2,1H3;1H,(H,2,3). The van der Waals surface area contributed by atoms with Crippen molar-refractivity contribution in [2.24, 2.45) is 5.41 Å². The predicted molar refractivity (Wildman–Crippen MR) is 42.7 cm³/mol. The first-order valence-electron chi connectivity index (χ1n) is 3.56. The third-order valence-corrected chi connectivity index (χ3v) is 1.76. The molecule has 0 aromatic carbocycles. The van der Waals surface area contributed by atoms with Crippen LogP contribution in [0.2, 0.25) is 0 Å². The van der Waals surface area contributed by atoms with E-state index < -0.39 is 5.41 Å². The molecule has 4 N–H and O–H groups in total. The Bertz CT molecular complexity index is 82.5. The lowest BCUT2D eigenvalue weighted by atomic mass is 9.88. The molecule has 0 aromatic heterocycles. The summed E-state index contributed by atoms with van der Waals surface area (Å²) in [5, 5.41) is 32.9. The van der Waals surface area contributed by atoms with Gasteiger partial charge in [-0.25, -0.2) is 0 Å². The van der Waals surface area contributed by atoms with Crippen molar-refractivity contribution in [3.8, 4) is 0 Å². The zero-order valence-electron chi connectivity index (χ0n) is 7.10. The number of hydrogen-bond donors (Lipinski definition) is 4. The van der Waals surface area contributed by atoms with Gasteiger partial charge in [0.15, 0.2) is 0 Å². The van der Waals surface area contributed by atoms with Crippen molar-refractivity contribution in [3.05, 3.63) is 0 Å². The van der Waals surface area contributed by atoms with Crippen molar-refractivity contribution in [3.63, 3.8) is 0 Å². The zero-order chi connectivity index (χ0) is 10.0. The fourth-order valence-electron chi connectivity index (χ4n) is 0.485. The van der Waals surface area contributed by atoms with Crippen molar-refractivity contribution < 1.29 is 25.2 Å². The summed E-state index contributed by atoms with van der Waals surface area (Å²) in [5.74, 6) is 0. The van der Waals surface area contributed by atoms with E-state index in [1.807, 2.05) is 6.92 Å². The Labute approximate surface area is 71.3 Å². The van der Waals surface area contributed by atoms with E-state index in [-0.39, 0.29) is 26.3 Å². The van der Waals surface area contributed by atoms with E-state index in [0.717, 1.165) is 0 Å². The molecule has 0 bridgehead atoms. The maximum Gasteiger partial charge on any atom is 0.290 e. The molecule has 0 fully saturated rings. The van der Waals surface area contributed by atoms with Gasteiger partial charge in [0.2, 0.25) is 0 Å². The Kier molecular flexibility index (Phi) is 9.79. The minimum atomic E-state index is -0.667. The molecule has 0 aliphatic heterocycles. The molecule has 0 heterocycles. The second-order valence-corrected chi connectivity index (χ2v) is 2.43. The first-order valence-corrected chi connectivity index (χ1v) is 3.56. The topological polar surface area (TPSA) is 98.0 Å². The van der Waals surface area contributed by atoms with Gasteiger partial charge in [-0.1, -0.05) is 6.92 Å². The molecular formula is C7H16O5. The molecule has 0 rings (SSSR count). The molecule has 0 spiro atoms. The van der Waals surface area contributed by atoms with Crippen LogP contribution in [-0.4, -0.2) is 46.7 Å². The van der Waals surface area contributed by atoms with Gasteiger partial charge >= 0.3 is 0 Å². The van der Waals surface area contributed by atoms with Crippen molar-refractivity contribution in [1.82, 2.24) is 0 Å². The summed E-state index contributed by atoms with van der Waals surface area (Å²) >= 11 is 0. The van der Waals surface area contributed by atoms with Gasteiger partial charge in [0.05, 0.1) is 19.8 Å². The highest BCUT2D eigenvalue weighted by atomic mass is 16.3. The number of aliphatic hydroxyl groups excluding tert-OH is 3. The van der Waals surface area contributed by atoms with Gasteiger partial charge in [-0.2, -0.15) is 0 Å². The van der Waals surface area contributed by atoms with Gasteiger partial charge < -0.3 is 20.4 Å². The normalized spacial score (nSPS) is 10.0. The maximum absolute atomic E-state index is 8.66. The molecule has 0 aliphatic rings. The van der Waals surface area contributed by atoms with E-state index in [1.165, 1.54) is 0 Å². The SMILES string of the molecule is CCC(CO)(CO)CO.O=CO. The number of carbonyl (C=O) groups is 1. The lowest BCUT2D eigenvalue weighted by Gasteiger charge is -2.24. The van der Waals surface area contributed by atoms with Gasteiger partial charge in [-0.15, -0.1) is 0 Å². The fraction of sp³-hybridized carbons (Fsp3) is 0.857. The van der Waals surface area contributed by atoms with Crippen molar-refractivity contribution in [2.75, 3.05) is 19.8 Å². The largest absolute Gasteiger partial charge is 0.483 e. The summed E-state index contributed by atoms with van der Waals surface area (Å²) in [4.78, 5) is 8.36. The molecule has 0 aliphatic carbocycles. The first-order chi connectivity index (χ1) is 5.66. The minimum absolute atomic E-state index is 0.156. The zero-order valence-corrected chi connectivity index (χ0v) is 7.10. The van der Waals surface area contributed by atoms with Crippen LogP contribution in [0.3, 0.4) is 0 Å². The molecule has 74 valence electrons. The molecular weight excluding hydrogens is 164 g/mol. The Hall–Kier alpha value is -0.650. The average Bonchev–Trinajstić information content (AvgIpc) is 2.11. The third-order valence-electron chi connectivity index (χ3n) is 1.76. The van der Waals surface area contributed by atoms with Gasteiger partial charge in [-0.3, -0.25) is 4.79 Å². The first kappa shape index (κ1) is 13.9. The Morgan fingerprint density at radius 3 is 1.42 bits per heavy atom. The van der Waals surface area contributed by atoms with E-state index in [9.17, 15) is 0 Å². The van der Waals surface area contributed by atoms with E-state index in [0.29, 0.717) is 6.42 Å². The van der Waals surface area contributed by atoms with Crippen LogP contribution in [0.15, 0.2) is 0 Å². The van der Waals surface area contributed by atoms with Crippen LogP contribution < -0.4 is 0 Å². The van der Waals surface area contributed by atoms with E-state index >= 15 is 0 Å². The van der Waals surface area contributed by atoms with E-state index in [2.05, 4.69) is 0 Å². The Balaban J connectivity index is 0. The van der Waals surface area contributed by atoms with Crippen molar-refractivity contribution >= 4 is 6.47 Å². The van der Waals surface area contributed by atoms with E-state index in [4.69, 9.17) is 25.2 Å². The number of hydrogen-bond acceptors (Lipinski definition) is 4. The van der Waals surface area contributed by atoms with Crippen LogP contribution >= 0.6 is 0 Å². The van der Waals surface area contributed by atoms with Crippen LogP contribution in [0, 0.1) is 5.41 Å². The summed E-state index contributed by atoms with van der Waals surface area (Å²) in [7, 11) is 0. The van der Waals surface area contributed by atoms with Gasteiger partial charge in [0.25, 0.3) is 6.47 Å². The summed E-state index contributed by atoms with van der Waals surface area (Å²) in [6, 6.07) is 0. The van der Waals surface area contributed by atoms with Crippen LogP contribution in [-0.2, 0) is 4.79 Å². The van der Waals surface area contributed by atoms with Crippen LogP contribution in [0.4, 0.5) is 0 Å². The average molecular weight is 180 g/mol. The van der Waals surface area contributed by atoms with Gasteiger partial charge in [0, 0.05) is 5.41 Å². The summed E-state index contributed by atoms with van der Waals surface area (Å²) in [6.45, 7) is 1.10. The smallest absolute Gasteiger partial charge is 0.290 e. The van der Waals surface area contributed by atoms with Crippen LogP contribution in [0.5, 0.6) is 0 Å². The lowest BCUT2D eigenvalue weighted by Crippen LogP contribution is -2.32. The van der Waals surface area contributed by atoms with E-state index in [1.54, 1.807) is 0 Å². The molecule has 0 unspecified atom stereocenters. The molecule has 0 atom stereocenters. The molecule has 0 radical (unpaired) electrons. The van der Waals surface area contributed by atoms with Crippen LogP contribution in [0.1, 0.15) is 13.3 Å². The highest BCUT2D eigenvalue weighted by Gasteiger charge is 2.24. The quantitative estimate of drug-likeness (QED) is 0.419. The molecule has 0 saturated carbocycles. The highest BCUT2D eigenvalue weighted by molar-refractivity contribution is 5.32. The Morgan fingerprint density at radius 2 is 1.42 bits per heavy atom. The number of aliphatic hydroxyl groups is 3. The fourth-order valence-corrected chi connectivity index (χ4v) is 0.485. The molecule has 12 heavy (non-hydrogen) atoms. The van der Waals surface area contributed by atoms with Crippen molar-refractivity contribution in [1.29, 1.82) is 0 Å². The third kappa shape index (κ3) is 5.06. The maximum atomic E-state index is 8.66. The highest BCUT2D eigenvalue weighted by Crippen LogP contribution is 2.18. The molecule has 0 aromatic rings. The molecule has 0 saturated heterocycles. The van der Waals surface area contributed by atoms with Gasteiger partial charge in [-0.05, 0) is 6.42 Å². The summed E-state index contributed by atoms with van der Waals surface area (Å²) < 4.78 is 0. The number of rotatable bonds is 4. The predicted octanol–water partition coefficient (Wildman–Crippen LogP) is -0.940. The second kappa shape index (κ2) is 8.45. The minimum Gasteiger partial charge on any atom is -0.483 e. The molecule has 0 amide bonds. The molecule has 5 nitrogen and oxygen atoms in total. The summed E-state index contributed by atoms with van der Waals surface area (Å²) in [6.07, 6.45) is 0.594.